The van der Waals surface area contributed by atoms with Crippen LogP contribution < -0.4 is 5.73 Å². The van der Waals surface area contributed by atoms with Gasteiger partial charge in [0, 0.05) is 19.0 Å². The van der Waals surface area contributed by atoms with Crippen LogP contribution in [0, 0.1) is 12.3 Å². The lowest BCUT2D eigenvalue weighted by molar-refractivity contribution is 0.160. The summed E-state index contributed by atoms with van der Waals surface area (Å²) in [5, 5.41) is 7.17. The molecular weight excluding hydrogens is 164 g/mol. The Hall–Kier alpha value is -1.35. The van der Waals surface area contributed by atoms with Crippen LogP contribution >= 0.6 is 0 Å². The van der Waals surface area contributed by atoms with Crippen molar-refractivity contribution in [1.82, 2.24) is 0 Å². The number of nitrogens with two attached hydrogens (primary N) is 1. The summed E-state index contributed by atoms with van der Waals surface area (Å²) < 4.78 is 5.12. The summed E-state index contributed by atoms with van der Waals surface area (Å²) in [5.41, 5.74) is 8.41. The van der Waals surface area contributed by atoms with Gasteiger partial charge in [-0.05, 0) is 24.1 Å². The molecule has 0 spiro atoms. The third kappa shape index (κ3) is 1.87. The molecule has 1 atom stereocenters. The second kappa shape index (κ2) is 4.05. The quantitative estimate of drug-likeness (QED) is 0.548. The van der Waals surface area contributed by atoms with Crippen molar-refractivity contribution in [2.24, 2.45) is 0 Å². The van der Waals surface area contributed by atoms with Gasteiger partial charge in [0.2, 0.25) is 0 Å². The van der Waals surface area contributed by atoms with E-state index in [4.69, 9.17) is 15.9 Å². The summed E-state index contributed by atoms with van der Waals surface area (Å²) in [7, 11) is 1.58. The van der Waals surface area contributed by atoms with Crippen LogP contribution in [0.3, 0.4) is 0 Å². The fourth-order valence-corrected chi connectivity index (χ4v) is 1.27. The van der Waals surface area contributed by atoms with E-state index >= 15 is 0 Å². The van der Waals surface area contributed by atoms with E-state index in [1.54, 1.807) is 7.11 Å². The number of hydrogen-bond donors (Lipinski definition) is 2. The molecule has 0 radical (unpaired) electrons. The summed E-state index contributed by atoms with van der Waals surface area (Å²) in [6.07, 6.45) is 0.977. The molecule has 3 N–H and O–H groups in total. The molecule has 0 fully saturated rings. The summed E-state index contributed by atoms with van der Waals surface area (Å²) in [4.78, 5) is 0. The molecule has 0 aliphatic rings. The highest BCUT2D eigenvalue weighted by atomic mass is 16.5. The maximum Gasteiger partial charge on any atom is 0.117 e. The van der Waals surface area contributed by atoms with Gasteiger partial charge in [0.15, 0.2) is 0 Å². The SMILES string of the molecule is COC(C=N)c1cccc(N)c1C. The number of methoxy groups -OCH3 is 1. The van der Waals surface area contributed by atoms with Gasteiger partial charge in [-0.3, -0.25) is 0 Å². The van der Waals surface area contributed by atoms with Crippen molar-refractivity contribution in [3.63, 3.8) is 0 Å². The van der Waals surface area contributed by atoms with Gasteiger partial charge in [-0.1, -0.05) is 12.1 Å². The molecule has 0 bridgehead atoms. The molecule has 0 aromatic heterocycles. The molecule has 13 heavy (non-hydrogen) atoms. The van der Waals surface area contributed by atoms with Gasteiger partial charge in [-0.25, -0.2) is 0 Å². The smallest absolute Gasteiger partial charge is 0.117 e. The van der Waals surface area contributed by atoms with Crippen molar-refractivity contribution >= 4 is 11.9 Å². The van der Waals surface area contributed by atoms with E-state index in [1.807, 2.05) is 25.1 Å². The van der Waals surface area contributed by atoms with Crippen molar-refractivity contribution in [1.29, 1.82) is 5.41 Å². The highest BCUT2D eigenvalue weighted by Crippen LogP contribution is 2.22. The second-order valence-corrected chi connectivity index (χ2v) is 2.88. The van der Waals surface area contributed by atoms with Crippen LogP contribution in [-0.4, -0.2) is 13.3 Å². The summed E-state index contributed by atoms with van der Waals surface area (Å²) in [6.45, 7) is 1.93. The zero-order valence-electron chi connectivity index (χ0n) is 7.87. The molecule has 1 unspecified atom stereocenters. The first-order valence-electron chi connectivity index (χ1n) is 4.09. The van der Waals surface area contributed by atoms with Gasteiger partial charge in [0.1, 0.15) is 6.10 Å². The van der Waals surface area contributed by atoms with Crippen molar-refractivity contribution in [2.45, 2.75) is 13.0 Å². The molecule has 0 heterocycles. The average Bonchev–Trinajstić information content (AvgIpc) is 2.14. The third-order valence-corrected chi connectivity index (χ3v) is 2.13. The number of anilines is 1. The van der Waals surface area contributed by atoms with Crippen molar-refractivity contribution in [2.75, 3.05) is 12.8 Å². The average molecular weight is 178 g/mol. The maximum absolute atomic E-state index is 7.17. The molecule has 1 rings (SSSR count). The Kier molecular flexibility index (Phi) is 3.03. The van der Waals surface area contributed by atoms with E-state index in [2.05, 4.69) is 0 Å². The predicted molar refractivity (Wildman–Crippen MR) is 54.1 cm³/mol. The van der Waals surface area contributed by atoms with Gasteiger partial charge in [-0.2, -0.15) is 0 Å². The van der Waals surface area contributed by atoms with Gasteiger partial charge in [0.25, 0.3) is 0 Å². The highest BCUT2D eigenvalue weighted by molar-refractivity contribution is 5.66. The van der Waals surface area contributed by atoms with E-state index in [1.165, 1.54) is 6.21 Å². The largest absolute Gasteiger partial charge is 0.399 e. The van der Waals surface area contributed by atoms with E-state index in [0.29, 0.717) is 0 Å². The van der Waals surface area contributed by atoms with Crippen LogP contribution in [0.15, 0.2) is 18.2 Å². The van der Waals surface area contributed by atoms with Crippen LogP contribution in [0.5, 0.6) is 0 Å². The molecule has 1 aromatic carbocycles. The minimum Gasteiger partial charge on any atom is -0.399 e. The van der Waals surface area contributed by atoms with Crippen LogP contribution in [0.2, 0.25) is 0 Å². The molecular formula is C10H14N2O. The Morgan fingerprint density at radius 1 is 1.54 bits per heavy atom. The van der Waals surface area contributed by atoms with Crippen LogP contribution in [0.25, 0.3) is 0 Å². The molecule has 0 saturated heterocycles. The highest BCUT2D eigenvalue weighted by Gasteiger charge is 2.10. The number of ether oxygens (including phenoxy) is 1. The lowest BCUT2D eigenvalue weighted by atomic mass is 10.0. The maximum atomic E-state index is 7.17. The van der Waals surface area contributed by atoms with E-state index < -0.39 is 0 Å². The third-order valence-electron chi connectivity index (χ3n) is 2.13. The number of nitrogens with one attached hydrogen (secondary N) is 1. The zero-order valence-corrected chi connectivity index (χ0v) is 7.87. The van der Waals surface area contributed by atoms with E-state index in [0.717, 1.165) is 16.8 Å². The zero-order chi connectivity index (χ0) is 9.84. The van der Waals surface area contributed by atoms with E-state index in [9.17, 15) is 0 Å². The van der Waals surface area contributed by atoms with Crippen LogP contribution in [-0.2, 0) is 4.74 Å². The Balaban J connectivity index is 3.13. The first kappa shape index (κ1) is 9.74. The standard InChI is InChI=1S/C10H14N2O/c1-7-8(10(6-11)13-2)4-3-5-9(7)12/h3-6,10-11H,12H2,1-2H3. The fourth-order valence-electron chi connectivity index (χ4n) is 1.27. The first-order chi connectivity index (χ1) is 6.20. The molecule has 0 aliphatic heterocycles. The summed E-state index contributed by atoms with van der Waals surface area (Å²) in [5.74, 6) is 0. The lowest BCUT2D eigenvalue weighted by Crippen LogP contribution is -2.05. The number of hydrogen-bond acceptors (Lipinski definition) is 3. The number of nitrogen functional groups attached to an aromatic ring is 1. The van der Waals surface area contributed by atoms with E-state index in [-0.39, 0.29) is 6.10 Å². The molecule has 0 aliphatic carbocycles. The van der Waals surface area contributed by atoms with Crippen molar-refractivity contribution < 1.29 is 4.74 Å². The van der Waals surface area contributed by atoms with Gasteiger partial charge in [-0.15, -0.1) is 0 Å². The Bertz CT molecular complexity index is 310. The fraction of sp³-hybridized carbons (Fsp3) is 0.300. The minimum atomic E-state index is -0.288. The summed E-state index contributed by atoms with van der Waals surface area (Å²) in [6, 6.07) is 5.63. The monoisotopic (exact) mass is 178 g/mol. The van der Waals surface area contributed by atoms with Crippen LogP contribution in [0.1, 0.15) is 17.2 Å². The topological polar surface area (TPSA) is 59.1 Å². The molecule has 1 aromatic rings. The van der Waals surface area contributed by atoms with Gasteiger partial charge < -0.3 is 15.9 Å². The second-order valence-electron chi connectivity index (χ2n) is 2.88. The lowest BCUT2D eigenvalue weighted by Gasteiger charge is -2.14. The molecule has 0 saturated carbocycles. The molecule has 0 amide bonds. The minimum absolute atomic E-state index is 0.288. The summed E-state index contributed by atoms with van der Waals surface area (Å²) >= 11 is 0. The Morgan fingerprint density at radius 2 is 2.23 bits per heavy atom. The van der Waals surface area contributed by atoms with Gasteiger partial charge >= 0.3 is 0 Å². The van der Waals surface area contributed by atoms with Crippen molar-refractivity contribution in [3.8, 4) is 0 Å². The predicted octanol–water partition coefficient (Wildman–Crippen LogP) is 1.91. The normalized spacial score (nSPS) is 12.5. The van der Waals surface area contributed by atoms with Gasteiger partial charge in [0.05, 0.1) is 0 Å². The Labute approximate surface area is 78.0 Å². The molecule has 3 heteroatoms. The molecule has 70 valence electrons. The first-order valence-corrected chi connectivity index (χ1v) is 4.09. The Morgan fingerprint density at radius 3 is 2.77 bits per heavy atom. The number of benzene rings is 1. The van der Waals surface area contributed by atoms with Crippen molar-refractivity contribution in [3.05, 3.63) is 29.3 Å². The number of rotatable bonds is 3. The molecule has 3 nitrogen and oxygen atoms in total. The van der Waals surface area contributed by atoms with Crippen LogP contribution in [0.4, 0.5) is 5.69 Å².